The van der Waals surface area contributed by atoms with Gasteiger partial charge in [0, 0.05) is 5.03 Å². The van der Waals surface area contributed by atoms with Crippen LogP contribution in [0.2, 0.25) is 0 Å². The van der Waals surface area contributed by atoms with E-state index in [0.717, 1.165) is 0 Å². The van der Waals surface area contributed by atoms with Crippen LogP contribution < -0.4 is 0 Å². The quantitative estimate of drug-likeness (QED) is 0.464. The average molecular weight is 94.5 g/mol. The van der Waals surface area contributed by atoms with Gasteiger partial charge in [0.2, 0.25) is 0 Å². The van der Waals surface area contributed by atoms with Gasteiger partial charge in [-0.2, -0.15) is 0 Å². The van der Waals surface area contributed by atoms with Gasteiger partial charge in [0.25, 0.3) is 0 Å². The molecule has 0 N–H and O–H groups in total. The largest absolute Gasteiger partial charge is 0.245 e. The summed E-state index contributed by atoms with van der Waals surface area (Å²) < 4.78 is 10.9. The predicted octanol–water partition coefficient (Wildman–Crippen LogP) is 1.71. The van der Waals surface area contributed by atoms with E-state index in [2.05, 4.69) is 6.58 Å². The van der Waals surface area contributed by atoms with Crippen molar-refractivity contribution in [3.63, 3.8) is 0 Å². The van der Waals surface area contributed by atoms with Gasteiger partial charge in [-0.3, -0.25) is 0 Å². The van der Waals surface area contributed by atoms with Crippen molar-refractivity contribution in [2.75, 3.05) is 6.67 Å². The standard InChI is InChI=1S/C3H4ClF/c1-3(4)2-5/h1-2H2. The third-order valence-electron chi connectivity index (χ3n) is 0.145. The number of rotatable bonds is 1. The Morgan fingerprint density at radius 1 is 2.00 bits per heavy atom. The summed E-state index contributed by atoms with van der Waals surface area (Å²) in [6, 6.07) is 0. The van der Waals surface area contributed by atoms with Gasteiger partial charge in [0.05, 0.1) is 0 Å². The molecule has 5 heavy (non-hydrogen) atoms. The predicted molar refractivity (Wildman–Crippen MR) is 21.0 cm³/mol. The van der Waals surface area contributed by atoms with Gasteiger partial charge in [-0.15, -0.1) is 0 Å². The molecule has 0 aromatic rings. The Hall–Kier alpha value is -0.0400. The summed E-state index contributed by atoms with van der Waals surface area (Å²) >= 11 is 4.89. The van der Waals surface area contributed by atoms with Crippen LogP contribution >= 0.6 is 11.6 Å². The molecule has 0 radical (unpaired) electrons. The lowest BCUT2D eigenvalue weighted by Crippen LogP contribution is -1.63. The van der Waals surface area contributed by atoms with E-state index < -0.39 is 6.67 Å². The molecule has 0 atom stereocenters. The fourth-order valence-corrected chi connectivity index (χ4v) is 0. The van der Waals surface area contributed by atoms with Crippen LogP contribution in [0.15, 0.2) is 11.6 Å². The third kappa shape index (κ3) is 3.96. The summed E-state index contributed by atoms with van der Waals surface area (Å²) in [6.07, 6.45) is 0. The first kappa shape index (κ1) is 4.96. The number of alkyl halides is 1. The van der Waals surface area contributed by atoms with Crippen molar-refractivity contribution in [2.24, 2.45) is 0 Å². The molecular formula is C3H4ClF. The second kappa shape index (κ2) is 2.21. The van der Waals surface area contributed by atoms with E-state index in [9.17, 15) is 4.39 Å². The van der Waals surface area contributed by atoms with Crippen LogP contribution in [0.5, 0.6) is 0 Å². The van der Waals surface area contributed by atoms with Crippen molar-refractivity contribution in [3.8, 4) is 0 Å². The summed E-state index contributed by atoms with van der Waals surface area (Å²) in [4.78, 5) is 0. The second-order valence-electron chi connectivity index (χ2n) is 0.651. The summed E-state index contributed by atoms with van der Waals surface area (Å²) in [6.45, 7) is 2.44. The first-order valence-electron chi connectivity index (χ1n) is 1.16. The minimum absolute atomic E-state index is 0.0602. The average Bonchev–Trinajstić information content (AvgIpc) is 1.38. The molecule has 0 aromatic carbocycles. The van der Waals surface area contributed by atoms with Crippen LogP contribution in [0.4, 0.5) is 4.39 Å². The molecule has 0 unspecified atom stereocenters. The lowest BCUT2D eigenvalue weighted by Gasteiger charge is -1.72. The normalized spacial score (nSPS) is 7.60. The highest BCUT2D eigenvalue weighted by Gasteiger charge is 1.75. The maximum atomic E-state index is 10.9. The van der Waals surface area contributed by atoms with Crippen LogP contribution in [0, 0.1) is 0 Å². The fraction of sp³-hybridized carbons (Fsp3) is 0.333. The highest BCUT2D eigenvalue weighted by molar-refractivity contribution is 6.29. The summed E-state index contributed by atoms with van der Waals surface area (Å²) in [5, 5.41) is 0.0602. The molecule has 0 aliphatic carbocycles. The Bertz CT molecular complexity index is 42.2. The molecule has 0 bridgehead atoms. The molecule has 0 saturated carbocycles. The van der Waals surface area contributed by atoms with Crippen LogP contribution in [0.1, 0.15) is 0 Å². The molecule has 0 aromatic heterocycles. The van der Waals surface area contributed by atoms with E-state index in [1.54, 1.807) is 0 Å². The molecule has 0 amide bonds. The molecule has 0 heterocycles. The minimum Gasteiger partial charge on any atom is -0.245 e. The number of allylic oxidation sites excluding steroid dienone is 1. The molecule has 30 valence electrons. The fourth-order valence-electron chi connectivity index (χ4n) is 0. The number of halogens is 2. The van der Waals surface area contributed by atoms with Crippen LogP contribution in [-0.2, 0) is 0 Å². The zero-order chi connectivity index (χ0) is 4.28. The maximum Gasteiger partial charge on any atom is 0.124 e. The van der Waals surface area contributed by atoms with Gasteiger partial charge < -0.3 is 0 Å². The van der Waals surface area contributed by atoms with Gasteiger partial charge in [-0.1, -0.05) is 18.2 Å². The number of hydrogen-bond donors (Lipinski definition) is 0. The van der Waals surface area contributed by atoms with Crippen molar-refractivity contribution >= 4 is 11.6 Å². The molecular weight excluding hydrogens is 90.5 g/mol. The highest BCUT2D eigenvalue weighted by atomic mass is 35.5. The van der Waals surface area contributed by atoms with Crippen molar-refractivity contribution < 1.29 is 4.39 Å². The zero-order valence-corrected chi connectivity index (χ0v) is 3.43. The first-order valence-corrected chi connectivity index (χ1v) is 1.54. The SMILES string of the molecule is C=C(Cl)CF. The van der Waals surface area contributed by atoms with E-state index in [0.29, 0.717) is 0 Å². The van der Waals surface area contributed by atoms with E-state index in [-0.39, 0.29) is 5.03 Å². The Morgan fingerprint density at radius 2 is 2.20 bits per heavy atom. The Balaban J connectivity index is 2.85. The van der Waals surface area contributed by atoms with Crippen molar-refractivity contribution in [3.05, 3.63) is 11.6 Å². The van der Waals surface area contributed by atoms with Gasteiger partial charge in [-0.05, 0) is 0 Å². The third-order valence-corrected chi connectivity index (χ3v) is 0.246. The van der Waals surface area contributed by atoms with Crippen molar-refractivity contribution in [2.45, 2.75) is 0 Å². The topological polar surface area (TPSA) is 0 Å². The van der Waals surface area contributed by atoms with Crippen LogP contribution in [0.3, 0.4) is 0 Å². The van der Waals surface area contributed by atoms with Gasteiger partial charge in [0.1, 0.15) is 6.67 Å². The van der Waals surface area contributed by atoms with Crippen LogP contribution in [-0.4, -0.2) is 6.67 Å². The Labute approximate surface area is 35.2 Å². The van der Waals surface area contributed by atoms with E-state index in [4.69, 9.17) is 11.6 Å². The molecule has 0 saturated heterocycles. The molecule has 0 aliphatic rings. The second-order valence-corrected chi connectivity index (χ2v) is 1.19. The summed E-state index contributed by atoms with van der Waals surface area (Å²) in [5.41, 5.74) is 0. The van der Waals surface area contributed by atoms with Crippen molar-refractivity contribution in [1.29, 1.82) is 0 Å². The molecule has 0 aliphatic heterocycles. The van der Waals surface area contributed by atoms with Gasteiger partial charge >= 0.3 is 0 Å². The molecule has 2 heteroatoms. The summed E-state index contributed by atoms with van der Waals surface area (Å²) in [5.74, 6) is 0. The van der Waals surface area contributed by atoms with Gasteiger partial charge in [0.15, 0.2) is 0 Å². The molecule has 0 nitrogen and oxygen atoms in total. The zero-order valence-electron chi connectivity index (χ0n) is 2.67. The smallest absolute Gasteiger partial charge is 0.124 e. The summed E-state index contributed by atoms with van der Waals surface area (Å²) in [7, 11) is 0. The monoisotopic (exact) mass is 94.0 g/mol. The van der Waals surface area contributed by atoms with Gasteiger partial charge in [-0.25, -0.2) is 4.39 Å². The molecule has 0 spiro atoms. The highest BCUT2D eigenvalue weighted by Crippen LogP contribution is 1.93. The van der Waals surface area contributed by atoms with E-state index in [1.165, 1.54) is 0 Å². The number of hydrogen-bond acceptors (Lipinski definition) is 0. The molecule has 0 rings (SSSR count). The Kier molecular flexibility index (Phi) is 2.19. The minimum atomic E-state index is -0.623. The lowest BCUT2D eigenvalue weighted by molar-refractivity contribution is 0.556. The first-order chi connectivity index (χ1) is 2.27. The Morgan fingerprint density at radius 3 is 2.20 bits per heavy atom. The lowest BCUT2D eigenvalue weighted by atomic mass is 10.7. The van der Waals surface area contributed by atoms with E-state index >= 15 is 0 Å². The maximum absolute atomic E-state index is 10.9. The molecule has 0 fully saturated rings. The van der Waals surface area contributed by atoms with E-state index in [1.807, 2.05) is 0 Å². The van der Waals surface area contributed by atoms with Crippen LogP contribution in [0.25, 0.3) is 0 Å². The van der Waals surface area contributed by atoms with Crippen molar-refractivity contribution in [1.82, 2.24) is 0 Å².